The van der Waals surface area contributed by atoms with Crippen molar-refractivity contribution in [2.24, 2.45) is 0 Å². The Morgan fingerprint density at radius 2 is 1.50 bits per heavy atom. The van der Waals surface area contributed by atoms with Gasteiger partial charge in [-0.1, -0.05) is 62.1 Å². The molecule has 0 radical (unpaired) electrons. The quantitative estimate of drug-likeness (QED) is 0.265. The molecule has 0 aliphatic carbocycles. The van der Waals surface area contributed by atoms with Crippen molar-refractivity contribution < 1.29 is 4.74 Å². The van der Waals surface area contributed by atoms with Crippen LogP contribution in [0.15, 0.2) is 103 Å². The van der Waals surface area contributed by atoms with Crippen LogP contribution in [-0.2, 0) is 0 Å². The molecular weight excluding hydrogens is 435 g/mol. The van der Waals surface area contributed by atoms with Crippen LogP contribution in [0, 0.1) is 13.8 Å². The number of benzene rings is 3. The van der Waals surface area contributed by atoms with Gasteiger partial charge < -0.3 is 4.74 Å². The summed E-state index contributed by atoms with van der Waals surface area (Å²) < 4.78 is 5.98. The maximum Gasteiger partial charge on any atom is 0.219 e. The molecule has 0 aliphatic rings. The fraction of sp³-hybridized carbons (Fsp3) is 0.0667. The number of nitrogens with zero attached hydrogens (tertiary/aromatic N) is 2. The summed E-state index contributed by atoms with van der Waals surface area (Å²) in [5, 5.41) is 5.38. The standard InChI is InChI=1S/C30H23N2OP/c1-20-13-16-30(32-21(20)2)34-27-11-4-3-10-25(27)26-15-14-23(19-28(26)34)22-8-7-9-24(18-22)33-29-12-5-6-17-31-29/h3-19H,1-2H3. The molecule has 0 fully saturated rings. The van der Waals surface area contributed by atoms with Crippen molar-refractivity contribution in [3.63, 3.8) is 0 Å². The Morgan fingerprint density at radius 3 is 2.35 bits per heavy atom. The number of pyridine rings is 2. The number of hydrogen-bond donors (Lipinski definition) is 0. The average molecular weight is 459 g/mol. The first-order valence-corrected chi connectivity index (χ1v) is 12.7. The Morgan fingerprint density at radius 1 is 0.676 bits per heavy atom. The molecule has 164 valence electrons. The molecule has 0 aliphatic heterocycles. The van der Waals surface area contributed by atoms with Crippen LogP contribution in [0.1, 0.15) is 11.3 Å². The van der Waals surface area contributed by atoms with Crippen LogP contribution in [0.5, 0.6) is 11.6 Å². The van der Waals surface area contributed by atoms with E-state index in [1.807, 2.05) is 30.3 Å². The lowest BCUT2D eigenvalue weighted by atomic mass is 10.0. The molecule has 6 rings (SSSR count). The molecule has 0 saturated carbocycles. The van der Waals surface area contributed by atoms with Gasteiger partial charge in [0.05, 0.1) is 5.44 Å². The highest BCUT2D eigenvalue weighted by Crippen LogP contribution is 2.55. The molecule has 0 amide bonds. The predicted octanol–water partition coefficient (Wildman–Crippen LogP) is 8.83. The van der Waals surface area contributed by atoms with Crippen LogP contribution in [0.25, 0.3) is 37.6 Å². The molecule has 3 aromatic carbocycles. The molecular formula is C30H23N2OP. The van der Waals surface area contributed by atoms with Crippen LogP contribution in [-0.4, -0.2) is 9.97 Å². The molecule has 0 saturated heterocycles. The second kappa shape index (κ2) is 8.44. The fourth-order valence-electron chi connectivity index (χ4n) is 4.41. The van der Waals surface area contributed by atoms with Crippen molar-refractivity contribution in [1.82, 2.24) is 9.97 Å². The molecule has 34 heavy (non-hydrogen) atoms. The topological polar surface area (TPSA) is 35.0 Å². The normalized spacial score (nSPS) is 11.8. The minimum Gasteiger partial charge on any atom is -0.439 e. The summed E-state index contributed by atoms with van der Waals surface area (Å²) in [5.41, 5.74) is 5.78. The number of ether oxygens (including phenoxy) is 1. The van der Waals surface area contributed by atoms with Gasteiger partial charge in [-0.25, -0.2) is 9.97 Å². The molecule has 1 atom stereocenters. The third-order valence-corrected chi connectivity index (χ3v) is 8.70. The summed E-state index contributed by atoms with van der Waals surface area (Å²) in [4.78, 5) is 9.29. The van der Waals surface area contributed by atoms with Crippen molar-refractivity contribution in [1.29, 1.82) is 0 Å². The highest BCUT2D eigenvalue weighted by molar-refractivity contribution is 7.67. The monoisotopic (exact) mass is 458 g/mol. The molecule has 3 nitrogen and oxygen atoms in total. The van der Waals surface area contributed by atoms with E-state index in [0.717, 1.165) is 22.4 Å². The smallest absolute Gasteiger partial charge is 0.219 e. The van der Waals surface area contributed by atoms with E-state index in [1.165, 1.54) is 32.1 Å². The van der Waals surface area contributed by atoms with E-state index in [-0.39, 0.29) is 0 Å². The van der Waals surface area contributed by atoms with Gasteiger partial charge in [0.1, 0.15) is 5.75 Å². The summed E-state index contributed by atoms with van der Waals surface area (Å²) >= 11 is 0. The fourth-order valence-corrected chi connectivity index (χ4v) is 7.01. The second-order valence-electron chi connectivity index (χ2n) is 8.45. The zero-order valence-electron chi connectivity index (χ0n) is 19.1. The number of fused-ring (bicyclic) bond motifs is 3. The summed E-state index contributed by atoms with van der Waals surface area (Å²) in [6.45, 7) is 4.22. The molecule has 0 bridgehead atoms. The summed E-state index contributed by atoms with van der Waals surface area (Å²) in [6.07, 6.45) is 1.74. The molecule has 0 N–H and O–H groups in total. The van der Waals surface area contributed by atoms with E-state index in [2.05, 4.69) is 85.6 Å². The highest BCUT2D eigenvalue weighted by atomic mass is 31.1. The Balaban J connectivity index is 1.51. The predicted molar refractivity (Wildman–Crippen MR) is 143 cm³/mol. The van der Waals surface area contributed by atoms with Gasteiger partial charge in [-0.3, -0.25) is 0 Å². The Kier molecular flexibility index (Phi) is 5.13. The van der Waals surface area contributed by atoms with Gasteiger partial charge in [-0.15, -0.1) is 0 Å². The van der Waals surface area contributed by atoms with Crippen molar-refractivity contribution in [3.05, 3.63) is 115 Å². The lowest BCUT2D eigenvalue weighted by Crippen LogP contribution is -1.87. The van der Waals surface area contributed by atoms with Crippen molar-refractivity contribution in [2.75, 3.05) is 0 Å². The Bertz CT molecular complexity index is 1650. The molecule has 1 unspecified atom stereocenters. The van der Waals surface area contributed by atoms with Crippen LogP contribution in [0.2, 0.25) is 0 Å². The van der Waals surface area contributed by atoms with Gasteiger partial charge in [0.25, 0.3) is 0 Å². The van der Waals surface area contributed by atoms with Crippen LogP contribution in [0.4, 0.5) is 0 Å². The van der Waals surface area contributed by atoms with Crippen molar-refractivity contribution >= 4 is 28.5 Å². The van der Waals surface area contributed by atoms with Gasteiger partial charge in [0.15, 0.2) is 0 Å². The molecule has 0 spiro atoms. The minimum atomic E-state index is -0.707. The maximum atomic E-state index is 5.98. The first-order chi connectivity index (χ1) is 16.7. The molecule has 3 heterocycles. The maximum absolute atomic E-state index is 5.98. The van der Waals surface area contributed by atoms with E-state index in [9.17, 15) is 0 Å². The van der Waals surface area contributed by atoms with Crippen LogP contribution < -0.4 is 4.74 Å². The van der Waals surface area contributed by atoms with Gasteiger partial charge in [0.2, 0.25) is 5.88 Å². The number of aryl methyl sites for hydroxylation is 2. The Hall–Kier alpha value is -3.94. The first kappa shape index (κ1) is 20.7. The number of hydrogen-bond acceptors (Lipinski definition) is 3. The summed E-state index contributed by atoms with van der Waals surface area (Å²) in [6, 6.07) is 33.9. The van der Waals surface area contributed by atoms with E-state index in [4.69, 9.17) is 9.72 Å². The zero-order valence-corrected chi connectivity index (χ0v) is 20.0. The van der Waals surface area contributed by atoms with Crippen molar-refractivity contribution in [3.8, 4) is 28.2 Å². The number of rotatable bonds is 4. The zero-order chi connectivity index (χ0) is 23.1. The lowest BCUT2D eigenvalue weighted by Gasteiger charge is -2.09. The third-order valence-electron chi connectivity index (χ3n) is 6.27. The van der Waals surface area contributed by atoms with E-state index in [1.54, 1.807) is 6.20 Å². The van der Waals surface area contributed by atoms with Gasteiger partial charge >= 0.3 is 0 Å². The number of aromatic nitrogens is 2. The molecule has 6 aromatic rings. The lowest BCUT2D eigenvalue weighted by molar-refractivity contribution is 0.463. The second-order valence-corrected chi connectivity index (χ2v) is 10.5. The summed E-state index contributed by atoms with van der Waals surface area (Å²) in [5.74, 6) is 1.37. The SMILES string of the molecule is Cc1ccc(-p2c3ccccc3c3ccc(-c4cccc(Oc5ccccn5)c4)cc32)nc1C. The van der Waals surface area contributed by atoms with Gasteiger partial charge in [-0.2, -0.15) is 0 Å². The van der Waals surface area contributed by atoms with Crippen LogP contribution >= 0.6 is 7.53 Å². The van der Waals surface area contributed by atoms with E-state index in [0.29, 0.717) is 5.88 Å². The van der Waals surface area contributed by atoms with Gasteiger partial charge in [0, 0.05) is 28.2 Å². The highest BCUT2D eigenvalue weighted by Gasteiger charge is 2.16. The molecule has 3 aromatic heterocycles. The van der Waals surface area contributed by atoms with Crippen molar-refractivity contribution in [2.45, 2.75) is 13.8 Å². The summed E-state index contributed by atoms with van der Waals surface area (Å²) in [7, 11) is -0.707. The average Bonchev–Trinajstić information content (AvgIpc) is 3.20. The largest absolute Gasteiger partial charge is 0.439 e. The van der Waals surface area contributed by atoms with Crippen LogP contribution in [0.3, 0.4) is 0 Å². The van der Waals surface area contributed by atoms with E-state index >= 15 is 0 Å². The Labute approximate surface area is 199 Å². The van der Waals surface area contributed by atoms with E-state index < -0.39 is 7.53 Å². The third kappa shape index (κ3) is 3.65. The van der Waals surface area contributed by atoms with Gasteiger partial charge in [-0.05, 0) is 77.7 Å². The minimum absolute atomic E-state index is 0.591. The first-order valence-electron chi connectivity index (χ1n) is 11.3. The molecule has 4 heteroatoms.